The first-order chi connectivity index (χ1) is 15.9. The van der Waals surface area contributed by atoms with Gasteiger partial charge in [0.25, 0.3) is 0 Å². The van der Waals surface area contributed by atoms with Crippen LogP contribution in [0.25, 0.3) is 11.1 Å². The van der Waals surface area contributed by atoms with Gasteiger partial charge in [-0.05, 0) is 28.7 Å². The van der Waals surface area contributed by atoms with Crippen LogP contribution in [0.15, 0.2) is 48.5 Å². The minimum atomic E-state index is -1.28. The van der Waals surface area contributed by atoms with Gasteiger partial charge in [-0.2, -0.15) is 0 Å². The summed E-state index contributed by atoms with van der Waals surface area (Å²) in [6.07, 6.45) is -0.153. The predicted molar refractivity (Wildman–Crippen MR) is 121 cm³/mol. The van der Waals surface area contributed by atoms with Crippen molar-refractivity contribution in [3.63, 3.8) is 0 Å². The van der Waals surface area contributed by atoms with Crippen molar-refractivity contribution in [1.29, 1.82) is 0 Å². The minimum absolute atomic E-state index is 0.00648. The lowest BCUT2D eigenvalue weighted by atomic mass is 9.96. The molecule has 174 valence electrons. The van der Waals surface area contributed by atoms with Crippen LogP contribution in [0.3, 0.4) is 0 Å². The average molecular weight is 453 g/mol. The van der Waals surface area contributed by atoms with E-state index in [1.165, 1.54) is 0 Å². The largest absolute Gasteiger partial charge is 0.481 e. The zero-order valence-corrected chi connectivity index (χ0v) is 18.5. The average Bonchev–Trinajstić information content (AvgIpc) is 3.40. The maximum Gasteiger partial charge on any atom is 0.408 e. The first kappa shape index (κ1) is 22.8. The van der Waals surface area contributed by atoms with E-state index in [2.05, 4.69) is 22.8 Å². The van der Waals surface area contributed by atoms with E-state index in [1.54, 1.807) is 6.92 Å². The summed E-state index contributed by atoms with van der Waals surface area (Å²) in [5, 5.41) is 14.5. The van der Waals surface area contributed by atoms with E-state index in [0.717, 1.165) is 22.3 Å². The Bertz CT molecular complexity index is 1000. The Kier molecular flexibility index (Phi) is 6.65. The molecule has 0 aromatic heterocycles. The molecule has 8 heteroatoms. The van der Waals surface area contributed by atoms with E-state index in [4.69, 9.17) is 14.6 Å². The molecule has 1 aliphatic heterocycles. The Balaban J connectivity index is 1.43. The van der Waals surface area contributed by atoms with Crippen LogP contribution in [0.2, 0.25) is 0 Å². The number of carbonyl (C=O) groups is 3. The molecule has 0 bridgehead atoms. The molecule has 2 amide bonds. The quantitative estimate of drug-likeness (QED) is 0.567. The number of aliphatic carboxylic acids is 1. The number of carboxylic acids is 1. The fourth-order valence-corrected chi connectivity index (χ4v) is 4.56. The van der Waals surface area contributed by atoms with Crippen LogP contribution in [0, 0.1) is 0 Å². The molecule has 2 aliphatic rings. The van der Waals surface area contributed by atoms with Gasteiger partial charge in [0.05, 0.1) is 13.0 Å². The number of amides is 2. The second-order valence-electron chi connectivity index (χ2n) is 8.51. The van der Waals surface area contributed by atoms with Crippen molar-refractivity contribution >= 4 is 18.0 Å². The fraction of sp³-hybridized carbons (Fsp3) is 0.400. The molecule has 3 N–H and O–H groups in total. The molecule has 1 saturated heterocycles. The monoisotopic (exact) mass is 452 g/mol. The van der Waals surface area contributed by atoms with E-state index in [-0.39, 0.29) is 32.0 Å². The van der Waals surface area contributed by atoms with Crippen molar-refractivity contribution in [2.75, 3.05) is 19.8 Å². The van der Waals surface area contributed by atoms with Gasteiger partial charge >= 0.3 is 12.1 Å². The molecule has 2 aromatic carbocycles. The molecule has 2 atom stereocenters. The number of ether oxygens (including phenoxy) is 2. The van der Waals surface area contributed by atoms with Crippen LogP contribution in [-0.4, -0.2) is 54.5 Å². The van der Waals surface area contributed by atoms with Crippen molar-refractivity contribution < 1.29 is 29.0 Å². The molecule has 0 saturated carbocycles. The summed E-state index contributed by atoms with van der Waals surface area (Å²) >= 11 is 0. The second kappa shape index (κ2) is 9.62. The molecule has 4 rings (SSSR count). The summed E-state index contributed by atoms with van der Waals surface area (Å²) in [7, 11) is 0. The maximum absolute atomic E-state index is 13.0. The summed E-state index contributed by atoms with van der Waals surface area (Å²) in [6, 6.07) is 15.6. The van der Waals surface area contributed by atoms with Gasteiger partial charge in [-0.15, -0.1) is 0 Å². The first-order valence-electron chi connectivity index (χ1n) is 11.2. The smallest absolute Gasteiger partial charge is 0.408 e. The topological polar surface area (TPSA) is 114 Å². The van der Waals surface area contributed by atoms with E-state index in [9.17, 15) is 14.4 Å². The highest BCUT2D eigenvalue weighted by atomic mass is 16.6. The lowest BCUT2D eigenvalue weighted by molar-refractivity contribution is -0.138. The van der Waals surface area contributed by atoms with Gasteiger partial charge in [-0.3, -0.25) is 9.59 Å². The van der Waals surface area contributed by atoms with Gasteiger partial charge in [-0.25, -0.2) is 4.79 Å². The van der Waals surface area contributed by atoms with Gasteiger partial charge in [0.1, 0.15) is 12.1 Å². The van der Waals surface area contributed by atoms with Crippen molar-refractivity contribution in [2.45, 2.75) is 43.7 Å². The van der Waals surface area contributed by atoms with Crippen LogP contribution in [0.1, 0.15) is 43.2 Å². The van der Waals surface area contributed by atoms with Crippen LogP contribution >= 0.6 is 0 Å². The normalized spacial score (nSPS) is 19.9. The zero-order valence-electron chi connectivity index (χ0n) is 18.5. The predicted octanol–water partition coefficient (Wildman–Crippen LogP) is 3.05. The highest BCUT2D eigenvalue weighted by Crippen LogP contribution is 2.44. The standard InChI is InChI=1S/C25H28N2O6/c1-2-16(13-22(28)29)26-23(30)25(11-12-32-15-25)27-24(31)33-14-21-19-9-5-3-7-17(19)18-8-4-6-10-20(18)21/h3-10,16,21H,2,11-15H2,1H3,(H,26,30)(H,27,31)(H,28,29). The fourth-order valence-electron chi connectivity index (χ4n) is 4.56. The van der Waals surface area contributed by atoms with Crippen LogP contribution in [-0.2, 0) is 19.1 Å². The van der Waals surface area contributed by atoms with Gasteiger partial charge < -0.3 is 25.2 Å². The van der Waals surface area contributed by atoms with E-state index in [1.807, 2.05) is 36.4 Å². The molecule has 33 heavy (non-hydrogen) atoms. The summed E-state index contributed by atoms with van der Waals surface area (Å²) in [4.78, 5) is 36.8. The second-order valence-corrected chi connectivity index (χ2v) is 8.51. The van der Waals surface area contributed by atoms with Gasteiger partial charge in [0.2, 0.25) is 5.91 Å². The Morgan fingerprint density at radius 2 is 1.76 bits per heavy atom. The number of hydrogen-bond acceptors (Lipinski definition) is 5. The molecule has 1 heterocycles. The molecule has 2 aromatic rings. The van der Waals surface area contributed by atoms with Crippen LogP contribution in [0.5, 0.6) is 0 Å². The third-order valence-electron chi connectivity index (χ3n) is 6.39. The Hall–Kier alpha value is -3.39. The number of alkyl carbamates (subject to hydrolysis) is 1. The summed E-state index contributed by atoms with van der Waals surface area (Å²) in [5.74, 6) is -1.54. The summed E-state index contributed by atoms with van der Waals surface area (Å²) in [5.41, 5.74) is 3.18. The highest BCUT2D eigenvalue weighted by molar-refractivity contribution is 5.91. The lowest BCUT2D eigenvalue weighted by Crippen LogP contribution is -2.61. The maximum atomic E-state index is 13.0. The Morgan fingerprint density at radius 3 is 2.30 bits per heavy atom. The molecule has 1 fully saturated rings. The third kappa shape index (κ3) is 4.71. The molecular weight excluding hydrogens is 424 g/mol. The highest BCUT2D eigenvalue weighted by Gasteiger charge is 2.45. The van der Waals surface area contributed by atoms with Gasteiger partial charge in [0.15, 0.2) is 0 Å². The number of benzene rings is 2. The zero-order chi connectivity index (χ0) is 23.4. The van der Waals surface area contributed by atoms with Crippen molar-refractivity contribution in [1.82, 2.24) is 10.6 Å². The van der Waals surface area contributed by atoms with Crippen molar-refractivity contribution in [2.24, 2.45) is 0 Å². The summed E-state index contributed by atoms with van der Waals surface area (Å²) in [6.45, 7) is 2.25. The molecule has 0 spiro atoms. The molecule has 8 nitrogen and oxygen atoms in total. The number of rotatable bonds is 8. The van der Waals surface area contributed by atoms with Crippen LogP contribution in [0.4, 0.5) is 4.79 Å². The molecule has 1 aliphatic carbocycles. The van der Waals surface area contributed by atoms with E-state index < -0.39 is 29.6 Å². The van der Waals surface area contributed by atoms with Crippen LogP contribution < -0.4 is 10.6 Å². The number of hydrogen-bond donors (Lipinski definition) is 3. The van der Waals surface area contributed by atoms with Gasteiger partial charge in [0, 0.05) is 25.0 Å². The number of fused-ring (bicyclic) bond motifs is 3. The minimum Gasteiger partial charge on any atom is -0.481 e. The Morgan fingerprint density at radius 1 is 1.12 bits per heavy atom. The van der Waals surface area contributed by atoms with E-state index in [0.29, 0.717) is 13.0 Å². The van der Waals surface area contributed by atoms with E-state index >= 15 is 0 Å². The first-order valence-corrected chi connectivity index (χ1v) is 11.2. The number of carboxylic acid groups (broad SMARTS) is 1. The van der Waals surface area contributed by atoms with Crippen molar-refractivity contribution in [3.05, 3.63) is 59.7 Å². The number of carbonyl (C=O) groups excluding carboxylic acids is 2. The SMILES string of the molecule is CCC(CC(=O)O)NC(=O)C1(NC(=O)OCC2c3ccccc3-c3ccccc32)CCOC1. The molecular formula is C25H28N2O6. The summed E-state index contributed by atoms with van der Waals surface area (Å²) < 4.78 is 11.0. The molecule has 0 radical (unpaired) electrons. The Labute approximate surface area is 192 Å². The third-order valence-corrected chi connectivity index (χ3v) is 6.39. The van der Waals surface area contributed by atoms with Crippen molar-refractivity contribution in [3.8, 4) is 11.1 Å². The van der Waals surface area contributed by atoms with Gasteiger partial charge in [-0.1, -0.05) is 55.5 Å². The number of nitrogens with one attached hydrogen (secondary N) is 2. The molecule has 2 unspecified atom stereocenters. The lowest BCUT2D eigenvalue weighted by Gasteiger charge is -2.29.